The Balaban J connectivity index is 2.11. The van der Waals surface area contributed by atoms with Crippen molar-refractivity contribution in [2.24, 2.45) is 5.92 Å². The maximum absolute atomic E-state index is 13.7. The molecule has 0 spiro atoms. The Bertz CT molecular complexity index is 540. The van der Waals surface area contributed by atoms with Crippen molar-refractivity contribution in [2.75, 3.05) is 32.5 Å². The van der Waals surface area contributed by atoms with Crippen molar-refractivity contribution in [1.29, 1.82) is 0 Å². The highest BCUT2D eigenvalue weighted by molar-refractivity contribution is 5.97. The van der Waals surface area contributed by atoms with E-state index in [4.69, 9.17) is 0 Å². The lowest BCUT2D eigenvalue weighted by Gasteiger charge is -2.22. The topological polar surface area (TPSA) is 61.4 Å². The zero-order valence-electron chi connectivity index (χ0n) is 12.3. The molecule has 1 aromatic rings. The lowest BCUT2D eigenvalue weighted by Crippen LogP contribution is -2.37. The fourth-order valence-electron chi connectivity index (χ4n) is 2.33. The Hall–Kier alpha value is -1.95. The summed E-state index contributed by atoms with van der Waals surface area (Å²) in [6.45, 7) is 1.58. The van der Waals surface area contributed by atoms with Gasteiger partial charge in [-0.05, 0) is 37.6 Å². The highest BCUT2D eigenvalue weighted by Crippen LogP contribution is 2.18. The van der Waals surface area contributed by atoms with Gasteiger partial charge >= 0.3 is 0 Å². The highest BCUT2D eigenvalue weighted by atomic mass is 19.1. The van der Waals surface area contributed by atoms with Crippen molar-refractivity contribution in [1.82, 2.24) is 10.2 Å². The van der Waals surface area contributed by atoms with Crippen molar-refractivity contribution in [3.8, 4) is 0 Å². The van der Waals surface area contributed by atoms with Gasteiger partial charge in [-0.3, -0.25) is 9.59 Å². The standard InChI is InChI=1S/C15H20FN3O2/c1-19(2)15(21)12-8-11(5-6-13(12)16)18-14(20)10-4-3-7-17-9-10/h5-6,8,10,17H,3-4,7,9H2,1-2H3,(H,18,20). The maximum Gasteiger partial charge on any atom is 0.256 e. The van der Waals surface area contributed by atoms with E-state index in [9.17, 15) is 14.0 Å². The average Bonchev–Trinajstić information content (AvgIpc) is 2.49. The fourth-order valence-corrected chi connectivity index (χ4v) is 2.33. The molecule has 1 fully saturated rings. The minimum Gasteiger partial charge on any atom is -0.345 e. The molecule has 1 atom stereocenters. The quantitative estimate of drug-likeness (QED) is 0.887. The molecule has 0 radical (unpaired) electrons. The monoisotopic (exact) mass is 293 g/mol. The summed E-state index contributed by atoms with van der Waals surface area (Å²) in [6, 6.07) is 4.05. The molecule has 21 heavy (non-hydrogen) atoms. The summed E-state index contributed by atoms with van der Waals surface area (Å²) in [5.74, 6) is -1.21. The number of benzene rings is 1. The lowest BCUT2D eigenvalue weighted by atomic mass is 9.98. The van der Waals surface area contributed by atoms with Crippen LogP contribution in [0, 0.1) is 11.7 Å². The Morgan fingerprint density at radius 2 is 2.14 bits per heavy atom. The minimum atomic E-state index is -0.592. The van der Waals surface area contributed by atoms with Gasteiger partial charge in [-0.2, -0.15) is 0 Å². The van der Waals surface area contributed by atoms with E-state index >= 15 is 0 Å². The normalized spacial score (nSPS) is 18.1. The van der Waals surface area contributed by atoms with Gasteiger partial charge in [0.15, 0.2) is 0 Å². The van der Waals surface area contributed by atoms with Crippen molar-refractivity contribution in [3.63, 3.8) is 0 Å². The number of piperidine rings is 1. The Morgan fingerprint density at radius 3 is 2.76 bits per heavy atom. The summed E-state index contributed by atoms with van der Waals surface area (Å²) in [6.07, 6.45) is 1.80. The molecule has 0 aliphatic carbocycles. The van der Waals surface area contributed by atoms with Crippen molar-refractivity contribution < 1.29 is 14.0 Å². The van der Waals surface area contributed by atoms with Gasteiger partial charge in [0.1, 0.15) is 5.82 Å². The van der Waals surface area contributed by atoms with Crippen LogP contribution in [0.3, 0.4) is 0 Å². The number of carbonyl (C=O) groups is 2. The van der Waals surface area contributed by atoms with Crippen LogP contribution in [0.4, 0.5) is 10.1 Å². The van der Waals surface area contributed by atoms with Crippen molar-refractivity contribution >= 4 is 17.5 Å². The lowest BCUT2D eigenvalue weighted by molar-refractivity contribution is -0.120. The first-order chi connectivity index (χ1) is 9.99. The summed E-state index contributed by atoms with van der Waals surface area (Å²) in [7, 11) is 3.11. The molecule has 1 aliphatic rings. The van der Waals surface area contributed by atoms with Gasteiger partial charge in [0.05, 0.1) is 11.5 Å². The van der Waals surface area contributed by atoms with Gasteiger partial charge in [-0.1, -0.05) is 0 Å². The SMILES string of the molecule is CN(C)C(=O)c1cc(NC(=O)C2CCCNC2)ccc1F. The molecule has 2 amide bonds. The van der Waals surface area contributed by atoms with E-state index in [2.05, 4.69) is 10.6 Å². The van der Waals surface area contributed by atoms with Crippen LogP contribution < -0.4 is 10.6 Å². The van der Waals surface area contributed by atoms with Gasteiger partial charge < -0.3 is 15.5 Å². The van der Waals surface area contributed by atoms with E-state index < -0.39 is 11.7 Å². The molecular weight excluding hydrogens is 273 g/mol. The van der Waals surface area contributed by atoms with Crippen LogP contribution in [0.15, 0.2) is 18.2 Å². The van der Waals surface area contributed by atoms with Crippen molar-refractivity contribution in [2.45, 2.75) is 12.8 Å². The number of nitrogens with zero attached hydrogens (tertiary/aromatic N) is 1. The van der Waals surface area contributed by atoms with Crippen LogP contribution in [-0.4, -0.2) is 43.9 Å². The molecule has 1 saturated heterocycles. The number of carbonyl (C=O) groups excluding carboxylic acids is 2. The molecule has 114 valence electrons. The second kappa shape index (κ2) is 6.67. The molecule has 2 rings (SSSR count). The predicted octanol–water partition coefficient (Wildman–Crippen LogP) is 1.47. The first kappa shape index (κ1) is 15.4. The van der Waals surface area contributed by atoms with Crippen LogP contribution in [-0.2, 0) is 4.79 Å². The average molecular weight is 293 g/mol. The smallest absolute Gasteiger partial charge is 0.256 e. The fraction of sp³-hybridized carbons (Fsp3) is 0.467. The molecule has 2 N–H and O–H groups in total. The van der Waals surface area contributed by atoms with Gasteiger partial charge in [0.25, 0.3) is 5.91 Å². The van der Waals surface area contributed by atoms with E-state index in [1.807, 2.05) is 0 Å². The van der Waals surface area contributed by atoms with Crippen LogP contribution in [0.5, 0.6) is 0 Å². The first-order valence-corrected chi connectivity index (χ1v) is 7.02. The van der Waals surface area contributed by atoms with Gasteiger partial charge in [0.2, 0.25) is 5.91 Å². The summed E-state index contributed by atoms with van der Waals surface area (Å²) < 4.78 is 13.7. The molecule has 1 aliphatic heterocycles. The second-order valence-electron chi connectivity index (χ2n) is 5.43. The molecule has 1 unspecified atom stereocenters. The molecule has 0 aromatic heterocycles. The van der Waals surface area contributed by atoms with E-state index in [0.29, 0.717) is 12.2 Å². The molecule has 1 heterocycles. The molecule has 1 aromatic carbocycles. The van der Waals surface area contributed by atoms with Gasteiger partial charge in [-0.25, -0.2) is 4.39 Å². The highest BCUT2D eigenvalue weighted by Gasteiger charge is 2.21. The Morgan fingerprint density at radius 1 is 1.38 bits per heavy atom. The number of nitrogens with one attached hydrogen (secondary N) is 2. The Kier molecular flexibility index (Phi) is 4.90. The Labute approximate surface area is 123 Å². The summed E-state index contributed by atoms with van der Waals surface area (Å²) in [5.41, 5.74) is 0.400. The predicted molar refractivity (Wildman–Crippen MR) is 78.6 cm³/mol. The third-order valence-corrected chi connectivity index (χ3v) is 3.54. The summed E-state index contributed by atoms with van der Waals surface area (Å²) >= 11 is 0. The van der Waals surface area contributed by atoms with E-state index in [0.717, 1.165) is 19.4 Å². The largest absolute Gasteiger partial charge is 0.345 e. The van der Waals surface area contributed by atoms with Crippen LogP contribution in [0.25, 0.3) is 0 Å². The van der Waals surface area contributed by atoms with Crippen LogP contribution in [0.2, 0.25) is 0 Å². The van der Waals surface area contributed by atoms with Crippen LogP contribution in [0.1, 0.15) is 23.2 Å². The molecule has 6 heteroatoms. The van der Waals surface area contributed by atoms with Crippen molar-refractivity contribution in [3.05, 3.63) is 29.6 Å². The zero-order valence-corrected chi connectivity index (χ0v) is 12.3. The third kappa shape index (κ3) is 3.78. The number of anilines is 1. The van der Waals surface area contributed by atoms with E-state index in [1.54, 1.807) is 14.1 Å². The van der Waals surface area contributed by atoms with Gasteiger partial charge in [0, 0.05) is 26.3 Å². The summed E-state index contributed by atoms with van der Waals surface area (Å²) in [5, 5.41) is 5.93. The number of halogens is 1. The van der Waals surface area contributed by atoms with E-state index in [1.165, 1.54) is 23.1 Å². The number of amides is 2. The molecule has 0 bridgehead atoms. The maximum atomic E-state index is 13.7. The number of hydrogen-bond donors (Lipinski definition) is 2. The van der Waals surface area contributed by atoms with Crippen LogP contribution >= 0.6 is 0 Å². The molecular formula is C15H20FN3O2. The number of rotatable bonds is 3. The van der Waals surface area contributed by atoms with Gasteiger partial charge in [-0.15, -0.1) is 0 Å². The molecule has 5 nitrogen and oxygen atoms in total. The first-order valence-electron chi connectivity index (χ1n) is 7.02. The summed E-state index contributed by atoms with van der Waals surface area (Å²) in [4.78, 5) is 25.3. The number of hydrogen-bond acceptors (Lipinski definition) is 3. The third-order valence-electron chi connectivity index (χ3n) is 3.54. The second-order valence-corrected chi connectivity index (χ2v) is 5.43. The zero-order chi connectivity index (χ0) is 15.4. The minimum absolute atomic E-state index is 0.0421. The molecule has 0 saturated carbocycles. The van der Waals surface area contributed by atoms with E-state index in [-0.39, 0.29) is 17.4 Å².